The summed E-state index contributed by atoms with van der Waals surface area (Å²) in [6, 6.07) is 8.49. The molecular formula is C24H24F3N3O4. The SMILES string of the molecule is COc1cc(OC)cc(-c2nn(-c3cc(NCCO)ccc3C(F)(F)F)c(=O)c3c2CCC3)c1. The Balaban J connectivity index is 1.99. The fraction of sp³-hybridized carbons (Fsp3) is 0.333. The lowest BCUT2D eigenvalue weighted by Gasteiger charge is -2.18. The summed E-state index contributed by atoms with van der Waals surface area (Å²) in [5.41, 5.74) is 0.549. The predicted molar refractivity (Wildman–Crippen MR) is 121 cm³/mol. The second-order valence-corrected chi connectivity index (χ2v) is 7.86. The highest BCUT2D eigenvalue weighted by Crippen LogP contribution is 2.37. The monoisotopic (exact) mass is 475 g/mol. The van der Waals surface area contributed by atoms with Gasteiger partial charge >= 0.3 is 6.18 Å². The van der Waals surface area contributed by atoms with Gasteiger partial charge in [0.1, 0.15) is 11.5 Å². The van der Waals surface area contributed by atoms with Crippen LogP contribution in [0.4, 0.5) is 18.9 Å². The lowest BCUT2D eigenvalue weighted by atomic mass is 10.0. The highest BCUT2D eigenvalue weighted by molar-refractivity contribution is 5.69. The van der Waals surface area contributed by atoms with Gasteiger partial charge in [-0.05, 0) is 55.2 Å². The minimum atomic E-state index is -4.70. The zero-order chi connectivity index (χ0) is 24.5. The summed E-state index contributed by atoms with van der Waals surface area (Å²) in [6.07, 6.45) is -2.95. The van der Waals surface area contributed by atoms with Crippen molar-refractivity contribution in [3.8, 4) is 28.4 Å². The van der Waals surface area contributed by atoms with Gasteiger partial charge in [-0.15, -0.1) is 0 Å². The number of hydrogen-bond donors (Lipinski definition) is 2. The third kappa shape index (κ3) is 4.45. The number of hydrogen-bond acceptors (Lipinski definition) is 6. The fourth-order valence-corrected chi connectivity index (χ4v) is 4.17. The number of nitrogens with zero attached hydrogens (tertiary/aromatic N) is 2. The molecule has 7 nitrogen and oxygen atoms in total. The molecule has 4 rings (SSSR count). The lowest BCUT2D eigenvalue weighted by molar-refractivity contribution is -0.137. The maximum absolute atomic E-state index is 13.9. The lowest BCUT2D eigenvalue weighted by Crippen LogP contribution is -2.28. The van der Waals surface area contributed by atoms with Gasteiger partial charge in [-0.1, -0.05) is 0 Å². The first-order valence-corrected chi connectivity index (χ1v) is 10.7. The van der Waals surface area contributed by atoms with Gasteiger partial charge in [0, 0.05) is 29.4 Å². The Morgan fingerprint density at radius 1 is 1.06 bits per heavy atom. The summed E-state index contributed by atoms with van der Waals surface area (Å²) in [7, 11) is 3.00. The van der Waals surface area contributed by atoms with Crippen LogP contribution in [-0.4, -0.2) is 42.3 Å². The molecule has 180 valence electrons. The molecule has 0 saturated heterocycles. The van der Waals surface area contributed by atoms with E-state index in [-0.39, 0.29) is 18.8 Å². The van der Waals surface area contributed by atoms with Crippen LogP contribution in [0.1, 0.15) is 23.1 Å². The molecule has 34 heavy (non-hydrogen) atoms. The maximum Gasteiger partial charge on any atom is 0.418 e. The van der Waals surface area contributed by atoms with Crippen LogP contribution in [0.5, 0.6) is 11.5 Å². The molecule has 0 saturated carbocycles. The van der Waals surface area contributed by atoms with Crippen molar-refractivity contribution >= 4 is 5.69 Å². The van der Waals surface area contributed by atoms with E-state index in [0.717, 1.165) is 16.3 Å². The van der Waals surface area contributed by atoms with E-state index in [4.69, 9.17) is 14.6 Å². The molecule has 0 spiro atoms. The average Bonchev–Trinajstić information content (AvgIpc) is 3.32. The van der Waals surface area contributed by atoms with Gasteiger partial charge in [-0.2, -0.15) is 23.0 Å². The topological polar surface area (TPSA) is 85.6 Å². The number of benzene rings is 2. The molecule has 0 fully saturated rings. The van der Waals surface area contributed by atoms with E-state index >= 15 is 0 Å². The first-order valence-electron chi connectivity index (χ1n) is 10.7. The van der Waals surface area contributed by atoms with Crippen molar-refractivity contribution in [2.24, 2.45) is 0 Å². The largest absolute Gasteiger partial charge is 0.497 e. The van der Waals surface area contributed by atoms with Crippen molar-refractivity contribution in [3.63, 3.8) is 0 Å². The van der Waals surface area contributed by atoms with E-state index < -0.39 is 17.3 Å². The first kappa shape index (κ1) is 23.6. The molecule has 0 amide bonds. The predicted octanol–water partition coefficient (Wildman–Crippen LogP) is 3.83. The smallest absolute Gasteiger partial charge is 0.418 e. The summed E-state index contributed by atoms with van der Waals surface area (Å²) in [4.78, 5) is 13.3. The summed E-state index contributed by atoms with van der Waals surface area (Å²) in [5, 5.41) is 16.3. The molecule has 10 heteroatoms. The molecule has 1 aliphatic rings. The number of aliphatic hydroxyl groups excluding tert-OH is 1. The Morgan fingerprint density at radius 2 is 1.74 bits per heavy atom. The van der Waals surface area contributed by atoms with Gasteiger partial charge in [-0.3, -0.25) is 4.79 Å². The highest BCUT2D eigenvalue weighted by Gasteiger charge is 2.35. The minimum absolute atomic E-state index is 0.145. The van der Waals surface area contributed by atoms with E-state index in [1.165, 1.54) is 26.4 Å². The molecule has 1 aliphatic carbocycles. The highest BCUT2D eigenvalue weighted by atomic mass is 19.4. The Morgan fingerprint density at radius 3 is 2.35 bits per heavy atom. The zero-order valence-electron chi connectivity index (χ0n) is 18.7. The van der Waals surface area contributed by atoms with Crippen LogP contribution < -0.4 is 20.3 Å². The normalized spacial score (nSPS) is 13.0. The molecule has 0 aliphatic heterocycles. The van der Waals surface area contributed by atoms with Gasteiger partial charge < -0.3 is 19.9 Å². The van der Waals surface area contributed by atoms with Crippen LogP contribution in [0, 0.1) is 0 Å². The minimum Gasteiger partial charge on any atom is -0.497 e. The molecule has 0 atom stereocenters. The molecule has 0 bridgehead atoms. The number of nitrogens with one attached hydrogen (secondary N) is 1. The van der Waals surface area contributed by atoms with E-state index in [0.29, 0.717) is 53.3 Å². The molecule has 0 unspecified atom stereocenters. The van der Waals surface area contributed by atoms with Gasteiger partial charge in [0.15, 0.2) is 0 Å². The van der Waals surface area contributed by atoms with E-state index in [1.54, 1.807) is 18.2 Å². The van der Waals surface area contributed by atoms with Gasteiger partial charge in [0.2, 0.25) is 0 Å². The summed E-state index contributed by atoms with van der Waals surface area (Å²) in [6.45, 7) is -0.0542. The molecular weight excluding hydrogens is 451 g/mol. The van der Waals surface area contributed by atoms with E-state index in [1.807, 2.05) is 0 Å². The molecule has 3 aromatic rings. The van der Waals surface area contributed by atoms with E-state index in [9.17, 15) is 18.0 Å². The van der Waals surface area contributed by atoms with Gasteiger partial charge in [0.05, 0.1) is 37.8 Å². The van der Waals surface area contributed by atoms with Crippen LogP contribution >= 0.6 is 0 Å². The maximum atomic E-state index is 13.9. The van der Waals surface area contributed by atoms with Crippen molar-refractivity contribution in [1.29, 1.82) is 0 Å². The van der Waals surface area contributed by atoms with Crippen molar-refractivity contribution in [2.45, 2.75) is 25.4 Å². The Bertz CT molecular complexity index is 1250. The summed E-state index contributed by atoms with van der Waals surface area (Å²) >= 11 is 0. The number of halogens is 3. The van der Waals surface area contributed by atoms with Crippen LogP contribution in [0.3, 0.4) is 0 Å². The van der Waals surface area contributed by atoms with E-state index in [2.05, 4.69) is 10.4 Å². The average molecular weight is 475 g/mol. The van der Waals surface area contributed by atoms with Crippen molar-refractivity contribution in [1.82, 2.24) is 9.78 Å². The van der Waals surface area contributed by atoms with Crippen LogP contribution in [0.15, 0.2) is 41.2 Å². The number of alkyl halides is 3. The first-order chi connectivity index (χ1) is 16.3. The molecule has 2 aromatic carbocycles. The number of ether oxygens (including phenoxy) is 2. The Kier molecular flexibility index (Phi) is 6.52. The standard InChI is InChI=1S/C24H24F3N3O4/c1-33-16-10-14(11-17(13-16)34-2)22-18-4-3-5-19(18)23(32)30(29-22)21-12-15(28-8-9-31)6-7-20(21)24(25,26)27/h6-7,10-13,28,31H,3-5,8-9H2,1-2H3. The number of aromatic nitrogens is 2. The van der Waals surface area contributed by atoms with Gasteiger partial charge in [-0.25, -0.2) is 0 Å². The van der Waals surface area contributed by atoms with Crippen molar-refractivity contribution in [3.05, 3.63) is 63.4 Å². The molecule has 2 N–H and O–H groups in total. The van der Waals surface area contributed by atoms with Gasteiger partial charge in [0.25, 0.3) is 5.56 Å². The van der Waals surface area contributed by atoms with Crippen molar-refractivity contribution in [2.75, 3.05) is 32.7 Å². The van der Waals surface area contributed by atoms with Crippen LogP contribution in [0.2, 0.25) is 0 Å². The third-order valence-corrected chi connectivity index (χ3v) is 5.75. The fourth-order valence-electron chi connectivity index (χ4n) is 4.17. The Hall–Kier alpha value is -3.53. The quantitative estimate of drug-likeness (QED) is 0.540. The zero-order valence-corrected chi connectivity index (χ0v) is 18.7. The third-order valence-electron chi connectivity index (χ3n) is 5.75. The number of rotatable bonds is 7. The number of aliphatic hydroxyl groups is 1. The summed E-state index contributed by atoms with van der Waals surface area (Å²) < 4.78 is 53.2. The van der Waals surface area contributed by atoms with Crippen LogP contribution in [-0.2, 0) is 19.0 Å². The number of anilines is 1. The molecule has 0 radical (unpaired) electrons. The molecule has 1 aromatic heterocycles. The summed E-state index contributed by atoms with van der Waals surface area (Å²) in [5.74, 6) is 0.985. The van der Waals surface area contributed by atoms with Crippen molar-refractivity contribution < 1.29 is 27.8 Å². The van der Waals surface area contributed by atoms with Crippen LogP contribution in [0.25, 0.3) is 16.9 Å². The Labute approximate surface area is 193 Å². The number of fused-ring (bicyclic) bond motifs is 1. The number of methoxy groups -OCH3 is 2. The molecule has 1 heterocycles. The second kappa shape index (κ2) is 9.38. The second-order valence-electron chi connectivity index (χ2n) is 7.86.